The first-order chi connectivity index (χ1) is 14.2. The number of amides is 3. The number of carbonyl (C=O) groups excluding carboxylic acids is 3. The number of nitrogens with zero attached hydrogens (tertiary/aromatic N) is 2. The third-order valence-electron chi connectivity index (χ3n) is 4.72. The van der Waals surface area contributed by atoms with E-state index in [1.54, 1.807) is 18.2 Å². The molecule has 1 heterocycles. The van der Waals surface area contributed by atoms with Crippen molar-refractivity contribution in [3.8, 4) is 0 Å². The zero-order chi connectivity index (χ0) is 22.1. The van der Waals surface area contributed by atoms with Gasteiger partial charge in [0.1, 0.15) is 0 Å². The van der Waals surface area contributed by atoms with Crippen molar-refractivity contribution in [3.05, 3.63) is 77.4 Å². The summed E-state index contributed by atoms with van der Waals surface area (Å²) in [6.45, 7) is 3.60. The Labute approximate surface area is 174 Å². The van der Waals surface area contributed by atoms with E-state index in [-0.39, 0.29) is 34.7 Å². The smallest absolute Gasteiger partial charge is 0.261 e. The standard InChI is InChI=1S/C21H21N3O5S/c1-4-11-24-20(26)16-10-9-14(12-17(16)21(24)27)19(25)22-13-15-7-5-6-8-18(15)30(28,29)23(2)3/h4-10,12H,1,11,13H2,2-3H3,(H,22,25). The molecule has 2 aromatic carbocycles. The first-order valence-corrected chi connectivity index (χ1v) is 10.5. The van der Waals surface area contributed by atoms with Gasteiger partial charge in [0.05, 0.1) is 16.0 Å². The number of hydrogen-bond acceptors (Lipinski definition) is 5. The quantitative estimate of drug-likeness (QED) is 0.535. The zero-order valence-electron chi connectivity index (χ0n) is 16.6. The van der Waals surface area contributed by atoms with E-state index in [2.05, 4.69) is 11.9 Å². The third kappa shape index (κ3) is 3.77. The van der Waals surface area contributed by atoms with E-state index in [1.807, 2.05) is 0 Å². The molecule has 0 atom stereocenters. The molecule has 1 aliphatic heterocycles. The summed E-state index contributed by atoms with van der Waals surface area (Å²) >= 11 is 0. The van der Waals surface area contributed by atoms with Crippen LogP contribution in [0.2, 0.25) is 0 Å². The largest absolute Gasteiger partial charge is 0.348 e. The van der Waals surface area contributed by atoms with Crippen LogP contribution in [0.5, 0.6) is 0 Å². The van der Waals surface area contributed by atoms with Crippen LogP contribution in [0.1, 0.15) is 36.6 Å². The Balaban J connectivity index is 1.81. The molecular weight excluding hydrogens is 406 g/mol. The van der Waals surface area contributed by atoms with Gasteiger partial charge in [-0.15, -0.1) is 6.58 Å². The fraction of sp³-hybridized carbons (Fsp3) is 0.190. The molecule has 0 fully saturated rings. The number of carbonyl (C=O) groups is 3. The second kappa shape index (κ2) is 8.21. The summed E-state index contributed by atoms with van der Waals surface area (Å²) in [5.41, 5.74) is 1.03. The highest BCUT2D eigenvalue weighted by atomic mass is 32.2. The normalized spacial score (nSPS) is 13.5. The molecule has 0 aliphatic carbocycles. The average molecular weight is 427 g/mol. The monoisotopic (exact) mass is 427 g/mol. The molecule has 9 heteroatoms. The fourth-order valence-corrected chi connectivity index (χ4v) is 4.22. The van der Waals surface area contributed by atoms with Crippen molar-refractivity contribution in [3.63, 3.8) is 0 Å². The molecule has 156 valence electrons. The summed E-state index contributed by atoms with van der Waals surface area (Å²) in [5.74, 6) is -1.39. The van der Waals surface area contributed by atoms with Gasteiger partial charge in [-0.25, -0.2) is 12.7 Å². The molecule has 0 aromatic heterocycles. The lowest BCUT2D eigenvalue weighted by Crippen LogP contribution is -2.29. The Hall–Kier alpha value is -3.30. The van der Waals surface area contributed by atoms with E-state index in [0.29, 0.717) is 5.56 Å². The highest BCUT2D eigenvalue weighted by molar-refractivity contribution is 7.89. The molecule has 0 spiro atoms. The van der Waals surface area contributed by atoms with Gasteiger partial charge in [-0.3, -0.25) is 19.3 Å². The molecular formula is C21H21N3O5S. The summed E-state index contributed by atoms with van der Waals surface area (Å²) in [6, 6.07) is 10.7. The van der Waals surface area contributed by atoms with Gasteiger partial charge in [0, 0.05) is 32.7 Å². The molecule has 0 bridgehead atoms. The number of benzene rings is 2. The summed E-state index contributed by atoms with van der Waals surface area (Å²) < 4.78 is 26.1. The fourth-order valence-electron chi connectivity index (χ4n) is 3.10. The molecule has 30 heavy (non-hydrogen) atoms. The molecule has 1 aliphatic rings. The molecule has 2 aromatic rings. The minimum atomic E-state index is -3.67. The molecule has 0 saturated heterocycles. The van der Waals surface area contributed by atoms with E-state index in [1.165, 1.54) is 44.4 Å². The van der Waals surface area contributed by atoms with Crippen LogP contribution in [0.25, 0.3) is 0 Å². The lowest BCUT2D eigenvalue weighted by Gasteiger charge is -2.15. The van der Waals surface area contributed by atoms with E-state index >= 15 is 0 Å². The van der Waals surface area contributed by atoms with Crippen LogP contribution in [-0.2, 0) is 16.6 Å². The van der Waals surface area contributed by atoms with Crippen LogP contribution >= 0.6 is 0 Å². The molecule has 0 radical (unpaired) electrons. The molecule has 0 saturated carbocycles. The van der Waals surface area contributed by atoms with Crippen molar-refractivity contribution >= 4 is 27.7 Å². The Morgan fingerprint density at radius 2 is 1.77 bits per heavy atom. The van der Waals surface area contributed by atoms with Crippen molar-refractivity contribution in [2.75, 3.05) is 20.6 Å². The second-order valence-corrected chi connectivity index (χ2v) is 8.97. The number of imide groups is 1. The average Bonchev–Trinajstić information content (AvgIpc) is 2.96. The van der Waals surface area contributed by atoms with Crippen molar-refractivity contribution in [1.82, 2.24) is 14.5 Å². The lowest BCUT2D eigenvalue weighted by atomic mass is 10.1. The van der Waals surface area contributed by atoms with Crippen molar-refractivity contribution in [1.29, 1.82) is 0 Å². The van der Waals surface area contributed by atoms with Gasteiger partial charge in [-0.1, -0.05) is 24.3 Å². The van der Waals surface area contributed by atoms with Crippen LogP contribution in [0.3, 0.4) is 0 Å². The first-order valence-electron chi connectivity index (χ1n) is 9.08. The Kier molecular flexibility index (Phi) is 5.86. The molecule has 3 rings (SSSR count). The van der Waals surface area contributed by atoms with Gasteiger partial charge in [-0.2, -0.15) is 0 Å². The molecule has 3 amide bonds. The van der Waals surface area contributed by atoms with E-state index in [0.717, 1.165) is 9.21 Å². The van der Waals surface area contributed by atoms with Crippen LogP contribution in [0.15, 0.2) is 60.0 Å². The van der Waals surface area contributed by atoms with Gasteiger partial charge in [0.15, 0.2) is 0 Å². The second-order valence-electron chi connectivity index (χ2n) is 6.85. The van der Waals surface area contributed by atoms with Crippen LogP contribution in [0, 0.1) is 0 Å². The van der Waals surface area contributed by atoms with E-state index in [4.69, 9.17) is 0 Å². The Morgan fingerprint density at radius 1 is 1.10 bits per heavy atom. The number of rotatable bonds is 7. The SMILES string of the molecule is C=CCN1C(=O)c2ccc(C(=O)NCc3ccccc3S(=O)(=O)N(C)C)cc2C1=O. The van der Waals surface area contributed by atoms with Crippen molar-refractivity contribution in [2.45, 2.75) is 11.4 Å². The lowest BCUT2D eigenvalue weighted by molar-refractivity contribution is 0.0672. The first kappa shape index (κ1) is 21.4. The zero-order valence-corrected chi connectivity index (χ0v) is 17.4. The summed E-state index contributed by atoms with van der Waals surface area (Å²) in [4.78, 5) is 38.5. The Bertz CT molecular complexity index is 1150. The number of nitrogens with one attached hydrogen (secondary N) is 1. The van der Waals surface area contributed by atoms with Crippen molar-refractivity contribution < 1.29 is 22.8 Å². The van der Waals surface area contributed by atoms with Crippen LogP contribution in [-0.4, -0.2) is 56.0 Å². The summed E-state index contributed by atoms with van der Waals surface area (Å²) in [6.07, 6.45) is 1.45. The molecule has 0 unspecified atom stereocenters. The topological polar surface area (TPSA) is 104 Å². The maximum absolute atomic E-state index is 12.6. The summed E-state index contributed by atoms with van der Waals surface area (Å²) in [5, 5.41) is 2.67. The number of hydrogen-bond donors (Lipinski definition) is 1. The third-order valence-corrected chi connectivity index (χ3v) is 6.63. The minimum Gasteiger partial charge on any atom is -0.348 e. The Morgan fingerprint density at radius 3 is 2.43 bits per heavy atom. The van der Waals surface area contributed by atoms with Gasteiger partial charge >= 0.3 is 0 Å². The predicted molar refractivity (Wildman–Crippen MR) is 110 cm³/mol. The number of sulfonamides is 1. The van der Waals surface area contributed by atoms with Gasteiger partial charge < -0.3 is 5.32 Å². The van der Waals surface area contributed by atoms with E-state index < -0.39 is 27.7 Å². The van der Waals surface area contributed by atoms with Gasteiger partial charge in [0.2, 0.25) is 10.0 Å². The molecule has 1 N–H and O–H groups in total. The number of fused-ring (bicyclic) bond motifs is 1. The maximum Gasteiger partial charge on any atom is 0.261 e. The summed E-state index contributed by atoms with van der Waals surface area (Å²) in [7, 11) is -0.799. The van der Waals surface area contributed by atoms with Crippen molar-refractivity contribution in [2.24, 2.45) is 0 Å². The predicted octanol–water partition coefficient (Wildman–Crippen LogP) is 1.65. The van der Waals surface area contributed by atoms with Crippen LogP contribution < -0.4 is 5.32 Å². The van der Waals surface area contributed by atoms with Crippen LogP contribution in [0.4, 0.5) is 0 Å². The van der Waals surface area contributed by atoms with E-state index in [9.17, 15) is 22.8 Å². The maximum atomic E-state index is 12.6. The highest BCUT2D eigenvalue weighted by Gasteiger charge is 2.35. The highest BCUT2D eigenvalue weighted by Crippen LogP contribution is 2.24. The molecule has 8 nitrogen and oxygen atoms in total. The minimum absolute atomic E-state index is 0.0192. The van der Waals surface area contributed by atoms with Gasteiger partial charge in [0.25, 0.3) is 17.7 Å². The van der Waals surface area contributed by atoms with Gasteiger partial charge in [-0.05, 0) is 29.8 Å².